The largest absolute Gasteiger partial charge is 0.324 e. The van der Waals surface area contributed by atoms with E-state index in [9.17, 15) is 13.6 Å². The molecule has 29 heavy (non-hydrogen) atoms. The fourth-order valence-corrected chi connectivity index (χ4v) is 5.00. The van der Waals surface area contributed by atoms with Crippen LogP contribution in [0.5, 0.6) is 0 Å². The fraction of sp³-hybridized carbons (Fsp3) is 0.316. The molecule has 1 N–H and O–H groups in total. The third-order valence-electron chi connectivity index (χ3n) is 4.27. The predicted molar refractivity (Wildman–Crippen MR) is 113 cm³/mol. The number of alkyl halides is 2. The molecule has 0 bridgehead atoms. The Bertz CT molecular complexity index is 974. The first-order valence-electron chi connectivity index (χ1n) is 9.03. The lowest BCUT2D eigenvalue weighted by Crippen LogP contribution is -2.15. The van der Waals surface area contributed by atoms with Crippen LogP contribution in [-0.2, 0) is 11.2 Å². The zero-order valence-electron chi connectivity index (χ0n) is 15.3. The van der Waals surface area contributed by atoms with Gasteiger partial charge in [0.25, 0.3) is 5.76 Å². The van der Waals surface area contributed by atoms with Crippen molar-refractivity contribution in [1.82, 2.24) is 14.8 Å². The molecular weight excluding hydrogens is 434 g/mol. The van der Waals surface area contributed by atoms with E-state index in [0.29, 0.717) is 28.4 Å². The maximum absolute atomic E-state index is 12.7. The lowest BCUT2D eigenvalue weighted by molar-refractivity contribution is -0.113. The van der Waals surface area contributed by atoms with E-state index in [-0.39, 0.29) is 11.7 Å². The van der Waals surface area contributed by atoms with E-state index in [1.54, 1.807) is 35.6 Å². The number of carbonyl (C=O) groups excluding carboxylic acids is 1. The number of carbonyl (C=O) groups is 1. The number of benzene rings is 1. The molecule has 0 spiro atoms. The van der Waals surface area contributed by atoms with E-state index >= 15 is 0 Å². The van der Waals surface area contributed by atoms with Crippen LogP contribution in [0, 0.1) is 0 Å². The van der Waals surface area contributed by atoms with Gasteiger partial charge in [-0.2, -0.15) is 8.78 Å². The summed E-state index contributed by atoms with van der Waals surface area (Å²) in [4.78, 5) is 14.0. The van der Waals surface area contributed by atoms with Crippen molar-refractivity contribution in [3.8, 4) is 0 Å². The number of anilines is 1. The van der Waals surface area contributed by atoms with Gasteiger partial charge in [-0.25, -0.2) is 0 Å². The van der Waals surface area contributed by atoms with Crippen molar-refractivity contribution in [2.75, 3.05) is 11.1 Å². The lowest BCUT2D eigenvalue weighted by Gasteiger charge is -2.11. The molecule has 1 saturated carbocycles. The van der Waals surface area contributed by atoms with Crippen molar-refractivity contribution in [2.45, 2.75) is 41.1 Å². The molecule has 1 aliphatic rings. The summed E-state index contributed by atoms with van der Waals surface area (Å²) < 4.78 is 27.5. The van der Waals surface area contributed by atoms with E-state index in [1.165, 1.54) is 16.6 Å². The fourth-order valence-electron chi connectivity index (χ4n) is 2.88. The summed E-state index contributed by atoms with van der Waals surface area (Å²) in [6.07, 6.45) is 2.91. The van der Waals surface area contributed by atoms with Crippen LogP contribution in [0.4, 0.5) is 14.5 Å². The average molecular weight is 453 g/mol. The molecule has 1 amide bonds. The van der Waals surface area contributed by atoms with Gasteiger partial charge in [0.2, 0.25) is 5.91 Å². The molecule has 1 aliphatic carbocycles. The van der Waals surface area contributed by atoms with Gasteiger partial charge < -0.3 is 9.88 Å². The van der Waals surface area contributed by atoms with Gasteiger partial charge in [-0.05, 0) is 36.4 Å². The Morgan fingerprint density at radius 1 is 1.24 bits per heavy atom. The second-order valence-electron chi connectivity index (χ2n) is 6.47. The highest BCUT2D eigenvalue weighted by molar-refractivity contribution is 8.00. The SMILES string of the molecule is O=C(CSc1nnc(Cc2cccs2)n1C1CC1)Nc1ccccc1SC(F)F. The second-order valence-corrected chi connectivity index (χ2v) is 9.47. The minimum Gasteiger partial charge on any atom is -0.324 e. The Labute approximate surface area is 179 Å². The molecule has 10 heteroatoms. The number of aromatic nitrogens is 3. The number of para-hydroxylation sites is 1. The van der Waals surface area contributed by atoms with Gasteiger partial charge in [-0.15, -0.1) is 21.5 Å². The van der Waals surface area contributed by atoms with E-state index in [1.807, 2.05) is 11.4 Å². The first-order valence-corrected chi connectivity index (χ1v) is 11.8. The Morgan fingerprint density at radius 3 is 2.79 bits per heavy atom. The van der Waals surface area contributed by atoms with Crippen molar-refractivity contribution in [1.29, 1.82) is 0 Å². The van der Waals surface area contributed by atoms with Crippen LogP contribution in [0.2, 0.25) is 0 Å². The molecule has 0 atom stereocenters. The topological polar surface area (TPSA) is 59.8 Å². The minimum absolute atomic E-state index is 0.136. The molecule has 1 fully saturated rings. The monoisotopic (exact) mass is 452 g/mol. The molecule has 0 unspecified atom stereocenters. The van der Waals surface area contributed by atoms with Crippen LogP contribution < -0.4 is 5.32 Å². The van der Waals surface area contributed by atoms with Crippen LogP contribution in [-0.4, -0.2) is 32.2 Å². The summed E-state index contributed by atoms with van der Waals surface area (Å²) in [5, 5.41) is 14.1. The van der Waals surface area contributed by atoms with E-state index in [4.69, 9.17) is 0 Å². The molecular formula is C19H18F2N4OS3. The van der Waals surface area contributed by atoms with E-state index in [0.717, 1.165) is 30.2 Å². The van der Waals surface area contributed by atoms with Crippen molar-refractivity contribution >= 4 is 46.5 Å². The molecule has 0 saturated heterocycles. The molecule has 0 aliphatic heterocycles. The molecule has 3 aromatic rings. The third-order valence-corrected chi connectivity index (χ3v) is 6.88. The number of hydrogen-bond donors (Lipinski definition) is 1. The first-order chi connectivity index (χ1) is 14.1. The van der Waals surface area contributed by atoms with Gasteiger partial charge in [0.15, 0.2) is 5.16 Å². The summed E-state index contributed by atoms with van der Waals surface area (Å²) >= 11 is 3.43. The minimum atomic E-state index is -2.54. The van der Waals surface area contributed by atoms with Crippen LogP contribution in [0.1, 0.15) is 29.6 Å². The van der Waals surface area contributed by atoms with Crippen molar-refractivity contribution in [3.05, 3.63) is 52.5 Å². The molecule has 2 heterocycles. The zero-order valence-corrected chi connectivity index (χ0v) is 17.7. The molecule has 0 radical (unpaired) electrons. The number of amides is 1. The predicted octanol–water partition coefficient (Wildman–Crippen LogP) is 5.31. The van der Waals surface area contributed by atoms with Crippen LogP contribution in [0.25, 0.3) is 0 Å². The molecule has 2 aromatic heterocycles. The van der Waals surface area contributed by atoms with E-state index in [2.05, 4.69) is 26.1 Å². The van der Waals surface area contributed by atoms with Crippen LogP contribution in [0.15, 0.2) is 51.8 Å². The number of rotatable bonds is 9. The molecule has 1 aromatic carbocycles. The Kier molecular flexibility index (Phi) is 6.51. The highest BCUT2D eigenvalue weighted by Crippen LogP contribution is 2.39. The van der Waals surface area contributed by atoms with Gasteiger partial charge in [0.1, 0.15) is 5.82 Å². The summed E-state index contributed by atoms with van der Waals surface area (Å²) in [5.74, 6) is -1.75. The highest BCUT2D eigenvalue weighted by atomic mass is 32.2. The van der Waals surface area contributed by atoms with Crippen molar-refractivity contribution in [2.24, 2.45) is 0 Å². The highest BCUT2D eigenvalue weighted by Gasteiger charge is 2.30. The molecule has 4 rings (SSSR count). The zero-order chi connectivity index (χ0) is 20.2. The van der Waals surface area contributed by atoms with Gasteiger partial charge in [-0.3, -0.25) is 4.79 Å². The second kappa shape index (κ2) is 9.27. The number of halogens is 2. The third kappa shape index (κ3) is 5.37. The van der Waals surface area contributed by atoms with Crippen molar-refractivity contribution in [3.63, 3.8) is 0 Å². The standard InChI is InChI=1S/C19H18F2N4OS3/c20-18(21)29-15-6-2-1-5-14(15)22-17(26)11-28-19-24-23-16(25(19)12-7-8-12)10-13-4-3-9-27-13/h1-6,9,12,18H,7-8,10-11H2,(H,22,26). The number of thiophene rings is 1. The van der Waals surface area contributed by atoms with Gasteiger partial charge in [-0.1, -0.05) is 41.7 Å². The molecule has 152 valence electrons. The van der Waals surface area contributed by atoms with Crippen molar-refractivity contribution < 1.29 is 13.6 Å². The maximum atomic E-state index is 12.7. The maximum Gasteiger partial charge on any atom is 0.288 e. The summed E-state index contributed by atoms with van der Waals surface area (Å²) in [5.41, 5.74) is 0.394. The lowest BCUT2D eigenvalue weighted by atomic mass is 10.3. The Morgan fingerprint density at radius 2 is 2.07 bits per heavy atom. The number of thioether (sulfide) groups is 2. The van der Waals surface area contributed by atoms with E-state index < -0.39 is 5.76 Å². The van der Waals surface area contributed by atoms with Crippen LogP contribution >= 0.6 is 34.9 Å². The smallest absolute Gasteiger partial charge is 0.288 e. The Hall–Kier alpha value is -1.91. The quantitative estimate of drug-likeness (QED) is 0.446. The van der Waals surface area contributed by atoms with Crippen LogP contribution in [0.3, 0.4) is 0 Å². The Balaban J connectivity index is 1.40. The summed E-state index contributed by atoms with van der Waals surface area (Å²) in [6, 6.07) is 11.1. The average Bonchev–Trinajstić information content (AvgIpc) is 3.24. The number of nitrogens with zero attached hydrogens (tertiary/aromatic N) is 3. The van der Waals surface area contributed by atoms with Gasteiger partial charge >= 0.3 is 0 Å². The number of nitrogens with one attached hydrogen (secondary N) is 1. The molecule has 5 nitrogen and oxygen atoms in total. The first kappa shape index (κ1) is 20.4. The van der Waals surface area contributed by atoms with Gasteiger partial charge in [0.05, 0.1) is 11.4 Å². The van der Waals surface area contributed by atoms with Gasteiger partial charge in [0, 0.05) is 22.2 Å². The summed E-state index contributed by atoms with van der Waals surface area (Å²) in [6.45, 7) is 0. The summed E-state index contributed by atoms with van der Waals surface area (Å²) in [7, 11) is 0. The normalized spacial score (nSPS) is 13.8. The number of hydrogen-bond acceptors (Lipinski definition) is 6.